The second kappa shape index (κ2) is 6.02. The van der Waals surface area contributed by atoms with Gasteiger partial charge in [0, 0.05) is 18.7 Å². The van der Waals surface area contributed by atoms with Gasteiger partial charge >= 0.3 is 6.36 Å². The zero-order chi connectivity index (χ0) is 15.5. The van der Waals surface area contributed by atoms with Crippen molar-refractivity contribution < 1.29 is 27.5 Å². The first kappa shape index (κ1) is 15.1. The second-order valence-corrected chi connectivity index (χ2v) is 4.60. The quantitative estimate of drug-likeness (QED) is 0.898. The summed E-state index contributed by atoms with van der Waals surface area (Å²) in [5.41, 5.74) is 0.367. The van der Waals surface area contributed by atoms with Gasteiger partial charge in [-0.05, 0) is 30.7 Å². The van der Waals surface area contributed by atoms with Crippen molar-refractivity contribution in [2.45, 2.75) is 19.2 Å². The van der Waals surface area contributed by atoms with Crippen molar-refractivity contribution in [2.75, 3.05) is 11.9 Å². The lowest BCUT2D eigenvalue weighted by Gasteiger charge is -2.21. The summed E-state index contributed by atoms with van der Waals surface area (Å²) in [6.45, 7) is 0.264. The smallest absolute Gasteiger partial charge is 0.406 e. The Hall–Kier alpha value is -2.25. The number of hydrogen-bond acceptors (Lipinski definition) is 3. The molecule has 1 aliphatic rings. The number of rotatable bonds is 3. The minimum atomic E-state index is -4.74. The molecule has 1 atom stereocenters. The van der Waals surface area contributed by atoms with Crippen molar-refractivity contribution in [1.82, 2.24) is 5.32 Å². The number of piperidine rings is 1. The maximum Gasteiger partial charge on any atom is 0.573 e. The van der Waals surface area contributed by atoms with E-state index in [0.29, 0.717) is 12.1 Å². The lowest BCUT2D eigenvalue weighted by Crippen LogP contribution is -2.40. The van der Waals surface area contributed by atoms with Crippen LogP contribution in [0.3, 0.4) is 0 Å². The van der Waals surface area contributed by atoms with Gasteiger partial charge in [0.25, 0.3) is 0 Å². The number of benzene rings is 1. The van der Waals surface area contributed by atoms with Crippen molar-refractivity contribution >= 4 is 17.5 Å². The maximum absolute atomic E-state index is 12.0. The molecule has 2 amide bonds. The number of halogens is 3. The fraction of sp³-hybridized carbons (Fsp3) is 0.385. The van der Waals surface area contributed by atoms with E-state index in [9.17, 15) is 22.8 Å². The molecule has 114 valence electrons. The van der Waals surface area contributed by atoms with Crippen LogP contribution >= 0.6 is 0 Å². The highest BCUT2D eigenvalue weighted by Crippen LogP contribution is 2.24. The minimum Gasteiger partial charge on any atom is -0.406 e. The Morgan fingerprint density at radius 1 is 1.29 bits per heavy atom. The Morgan fingerprint density at radius 2 is 1.95 bits per heavy atom. The van der Waals surface area contributed by atoms with Gasteiger partial charge in [-0.15, -0.1) is 13.2 Å². The predicted molar refractivity (Wildman–Crippen MR) is 67.5 cm³/mol. The molecule has 1 aliphatic heterocycles. The monoisotopic (exact) mass is 302 g/mol. The van der Waals surface area contributed by atoms with Crippen LogP contribution in [0.25, 0.3) is 0 Å². The summed E-state index contributed by atoms with van der Waals surface area (Å²) >= 11 is 0. The van der Waals surface area contributed by atoms with Crippen LogP contribution in [-0.2, 0) is 9.59 Å². The van der Waals surface area contributed by atoms with Crippen LogP contribution in [0.4, 0.5) is 18.9 Å². The molecule has 1 heterocycles. The highest BCUT2D eigenvalue weighted by atomic mass is 19.4. The van der Waals surface area contributed by atoms with E-state index >= 15 is 0 Å². The molecule has 1 fully saturated rings. The van der Waals surface area contributed by atoms with Crippen LogP contribution in [0.15, 0.2) is 24.3 Å². The molecule has 2 rings (SSSR count). The number of ether oxygens (including phenoxy) is 1. The van der Waals surface area contributed by atoms with E-state index < -0.39 is 6.36 Å². The molecule has 0 spiro atoms. The van der Waals surface area contributed by atoms with Gasteiger partial charge in [0.15, 0.2) is 0 Å². The normalized spacial score (nSPS) is 18.8. The topological polar surface area (TPSA) is 67.4 Å². The molecular weight excluding hydrogens is 289 g/mol. The van der Waals surface area contributed by atoms with E-state index in [2.05, 4.69) is 15.4 Å². The molecule has 0 radical (unpaired) electrons. The van der Waals surface area contributed by atoms with E-state index in [1.165, 1.54) is 12.1 Å². The summed E-state index contributed by atoms with van der Waals surface area (Å²) in [7, 11) is 0. The first-order valence-electron chi connectivity index (χ1n) is 6.27. The van der Waals surface area contributed by atoms with Gasteiger partial charge in [0.2, 0.25) is 11.8 Å². The summed E-state index contributed by atoms with van der Waals surface area (Å²) in [6.07, 6.45) is -4.01. The molecule has 1 unspecified atom stereocenters. The first-order valence-corrected chi connectivity index (χ1v) is 6.27. The zero-order valence-corrected chi connectivity index (χ0v) is 10.9. The van der Waals surface area contributed by atoms with Crippen molar-refractivity contribution in [3.8, 4) is 5.75 Å². The van der Waals surface area contributed by atoms with Crippen LogP contribution in [-0.4, -0.2) is 24.7 Å². The number of amides is 2. The highest BCUT2D eigenvalue weighted by molar-refractivity contribution is 5.94. The molecule has 5 nitrogen and oxygen atoms in total. The molecule has 1 saturated heterocycles. The predicted octanol–water partition coefficient (Wildman–Crippen LogP) is 2.05. The molecule has 0 aromatic heterocycles. The van der Waals surface area contributed by atoms with Crippen molar-refractivity contribution in [3.63, 3.8) is 0 Å². The van der Waals surface area contributed by atoms with E-state index in [0.717, 1.165) is 12.1 Å². The molecule has 0 bridgehead atoms. The Bertz CT molecular complexity index is 518. The minimum absolute atomic E-state index is 0.0901. The number of nitrogens with one attached hydrogen (secondary N) is 2. The summed E-state index contributed by atoms with van der Waals surface area (Å²) in [4.78, 5) is 22.9. The number of carbonyl (C=O) groups excluding carboxylic acids is 2. The van der Waals surface area contributed by atoms with Gasteiger partial charge in [-0.2, -0.15) is 0 Å². The van der Waals surface area contributed by atoms with Crippen LogP contribution < -0.4 is 15.4 Å². The maximum atomic E-state index is 12.0. The summed E-state index contributed by atoms with van der Waals surface area (Å²) < 4.78 is 39.7. The molecule has 1 aromatic carbocycles. The summed E-state index contributed by atoms with van der Waals surface area (Å²) in [5.74, 6) is -1.06. The van der Waals surface area contributed by atoms with Crippen LogP contribution in [0, 0.1) is 5.92 Å². The van der Waals surface area contributed by atoms with Crippen LogP contribution in [0.1, 0.15) is 12.8 Å². The molecule has 0 saturated carbocycles. The van der Waals surface area contributed by atoms with Gasteiger partial charge in [-0.1, -0.05) is 0 Å². The lowest BCUT2D eigenvalue weighted by molar-refractivity contribution is -0.274. The molecular formula is C13H13F3N2O3. The van der Waals surface area contributed by atoms with Gasteiger partial charge < -0.3 is 15.4 Å². The fourth-order valence-electron chi connectivity index (χ4n) is 1.94. The third-order valence-electron chi connectivity index (χ3n) is 2.99. The van der Waals surface area contributed by atoms with Crippen molar-refractivity contribution in [3.05, 3.63) is 24.3 Å². The largest absolute Gasteiger partial charge is 0.573 e. The van der Waals surface area contributed by atoms with E-state index in [-0.39, 0.29) is 36.4 Å². The Balaban J connectivity index is 1.91. The lowest BCUT2D eigenvalue weighted by atomic mass is 9.98. The Morgan fingerprint density at radius 3 is 2.48 bits per heavy atom. The van der Waals surface area contributed by atoms with Crippen molar-refractivity contribution in [2.24, 2.45) is 5.92 Å². The summed E-state index contributed by atoms with van der Waals surface area (Å²) in [5, 5.41) is 5.18. The standard InChI is InChI=1S/C13H13F3N2O3/c14-13(15,16)21-10-4-2-9(3-5-10)18-12(20)8-1-6-11(19)17-7-8/h2-5,8H,1,6-7H2,(H,17,19)(H,18,20). The second-order valence-electron chi connectivity index (χ2n) is 4.60. The summed E-state index contributed by atoms with van der Waals surface area (Å²) in [6, 6.07) is 4.87. The molecule has 2 N–H and O–H groups in total. The Labute approximate surface area is 118 Å². The van der Waals surface area contributed by atoms with Crippen LogP contribution in [0.5, 0.6) is 5.75 Å². The van der Waals surface area contributed by atoms with E-state index in [1.807, 2.05) is 0 Å². The van der Waals surface area contributed by atoms with Gasteiger partial charge in [-0.3, -0.25) is 9.59 Å². The third kappa shape index (κ3) is 4.66. The van der Waals surface area contributed by atoms with Gasteiger partial charge in [0.1, 0.15) is 5.75 Å². The van der Waals surface area contributed by atoms with Gasteiger partial charge in [0.05, 0.1) is 5.92 Å². The highest BCUT2D eigenvalue weighted by Gasteiger charge is 2.31. The molecule has 21 heavy (non-hydrogen) atoms. The van der Waals surface area contributed by atoms with Crippen molar-refractivity contribution in [1.29, 1.82) is 0 Å². The number of carbonyl (C=O) groups is 2. The Kier molecular flexibility index (Phi) is 4.35. The zero-order valence-electron chi connectivity index (χ0n) is 10.9. The fourth-order valence-corrected chi connectivity index (χ4v) is 1.94. The van der Waals surface area contributed by atoms with Gasteiger partial charge in [-0.25, -0.2) is 0 Å². The number of hydrogen-bond donors (Lipinski definition) is 2. The first-order chi connectivity index (χ1) is 9.83. The van der Waals surface area contributed by atoms with E-state index in [4.69, 9.17) is 0 Å². The molecule has 8 heteroatoms. The average molecular weight is 302 g/mol. The van der Waals surface area contributed by atoms with E-state index in [1.54, 1.807) is 0 Å². The SMILES string of the molecule is O=C1CCC(C(=O)Nc2ccc(OC(F)(F)F)cc2)CN1. The third-order valence-corrected chi connectivity index (χ3v) is 2.99. The number of anilines is 1. The molecule has 1 aromatic rings. The average Bonchev–Trinajstić information content (AvgIpc) is 2.40. The van der Waals surface area contributed by atoms with Crippen LogP contribution in [0.2, 0.25) is 0 Å². The molecule has 0 aliphatic carbocycles. The number of alkyl halides is 3.